The fourth-order valence-electron chi connectivity index (χ4n) is 4.09. The Morgan fingerprint density at radius 1 is 1.00 bits per heavy atom. The Morgan fingerprint density at radius 3 is 2.52 bits per heavy atom. The summed E-state index contributed by atoms with van der Waals surface area (Å²) in [6, 6.07) is 24.6. The number of para-hydroxylation sites is 1. The van der Waals surface area contributed by atoms with Gasteiger partial charge in [-0.2, -0.15) is 0 Å². The lowest BCUT2D eigenvalue weighted by Gasteiger charge is -2.35. The van der Waals surface area contributed by atoms with Crippen LogP contribution in [0.2, 0.25) is 0 Å². The number of hydrogen-bond donors (Lipinski definition) is 2. The van der Waals surface area contributed by atoms with Crippen LogP contribution in [0.5, 0.6) is 0 Å². The molecule has 0 aliphatic carbocycles. The summed E-state index contributed by atoms with van der Waals surface area (Å²) in [6.07, 6.45) is 3.26. The van der Waals surface area contributed by atoms with Gasteiger partial charge in [0.2, 0.25) is 5.91 Å². The van der Waals surface area contributed by atoms with Crippen LogP contribution in [0, 0.1) is 5.82 Å². The largest absolute Gasteiger partial charge is 0.361 e. The van der Waals surface area contributed by atoms with Crippen molar-refractivity contribution in [1.29, 1.82) is 0 Å². The molecule has 29 heavy (non-hydrogen) atoms. The number of amides is 1. The summed E-state index contributed by atoms with van der Waals surface area (Å²) in [5, 5.41) is 4.19. The van der Waals surface area contributed by atoms with Gasteiger partial charge in [-0.25, -0.2) is 4.39 Å². The highest BCUT2D eigenvalue weighted by Crippen LogP contribution is 2.38. The van der Waals surface area contributed by atoms with E-state index in [9.17, 15) is 9.18 Å². The summed E-state index contributed by atoms with van der Waals surface area (Å²) in [5.74, 6) is -0.482. The minimum Gasteiger partial charge on any atom is -0.361 e. The normalized spacial score (nSPS) is 13.2. The van der Waals surface area contributed by atoms with E-state index in [1.165, 1.54) is 24.6 Å². The van der Waals surface area contributed by atoms with Crippen LogP contribution in [0.1, 0.15) is 30.0 Å². The molecule has 3 aromatic carbocycles. The lowest BCUT2D eigenvalue weighted by molar-refractivity contribution is -0.120. The van der Waals surface area contributed by atoms with Gasteiger partial charge in [0.1, 0.15) is 5.82 Å². The molecule has 0 aliphatic heterocycles. The molecule has 4 rings (SSSR count). The second-order valence-corrected chi connectivity index (χ2v) is 7.33. The molecule has 1 amide bonds. The standard InChI is InChI=1S/C25H23FN2O/c1-18(29)28-25(20-10-7-11-21(26)16-20,15-14-19-8-3-2-4-9-19)23-17-27-24-13-6-5-12-22(23)24/h2-13,16-17,27H,14-15H2,1H3,(H,28,29)/t25-/m1/s1. The number of fused-ring (bicyclic) bond motifs is 1. The summed E-state index contributed by atoms with van der Waals surface area (Å²) in [5.41, 5.74) is 2.95. The van der Waals surface area contributed by atoms with Crippen molar-refractivity contribution in [3.05, 3.63) is 108 Å². The van der Waals surface area contributed by atoms with Gasteiger partial charge in [-0.05, 0) is 42.2 Å². The molecule has 2 N–H and O–H groups in total. The van der Waals surface area contributed by atoms with Crippen LogP contribution in [0.25, 0.3) is 10.9 Å². The molecule has 0 spiro atoms. The van der Waals surface area contributed by atoms with Crippen molar-refractivity contribution in [2.75, 3.05) is 0 Å². The highest BCUT2D eigenvalue weighted by Gasteiger charge is 2.37. The number of nitrogens with one attached hydrogen (secondary N) is 2. The van der Waals surface area contributed by atoms with Crippen molar-refractivity contribution in [3.8, 4) is 0 Å². The van der Waals surface area contributed by atoms with Gasteiger partial charge in [0.25, 0.3) is 0 Å². The van der Waals surface area contributed by atoms with Crippen LogP contribution < -0.4 is 5.32 Å². The minimum atomic E-state index is -0.858. The smallest absolute Gasteiger partial charge is 0.217 e. The summed E-state index contributed by atoms with van der Waals surface area (Å²) in [4.78, 5) is 15.6. The van der Waals surface area contributed by atoms with Crippen molar-refractivity contribution in [3.63, 3.8) is 0 Å². The molecular weight excluding hydrogens is 363 g/mol. The third-order valence-electron chi connectivity index (χ3n) is 5.39. The van der Waals surface area contributed by atoms with Gasteiger partial charge in [-0.1, -0.05) is 60.7 Å². The Morgan fingerprint density at radius 2 is 1.76 bits per heavy atom. The van der Waals surface area contributed by atoms with Crippen LogP contribution in [-0.4, -0.2) is 10.9 Å². The molecule has 4 heteroatoms. The van der Waals surface area contributed by atoms with Gasteiger partial charge >= 0.3 is 0 Å². The SMILES string of the molecule is CC(=O)N[C@](CCc1ccccc1)(c1cccc(F)c1)c1c[nH]c2ccccc12. The second kappa shape index (κ2) is 7.92. The van der Waals surface area contributed by atoms with Gasteiger partial charge in [0.15, 0.2) is 0 Å². The molecule has 0 fully saturated rings. The number of carbonyl (C=O) groups is 1. The van der Waals surface area contributed by atoms with Gasteiger partial charge < -0.3 is 10.3 Å². The minimum absolute atomic E-state index is 0.160. The number of aryl methyl sites for hydroxylation is 1. The molecule has 0 radical (unpaired) electrons. The number of halogens is 1. The first kappa shape index (κ1) is 18.9. The van der Waals surface area contributed by atoms with Crippen LogP contribution in [-0.2, 0) is 16.8 Å². The molecule has 1 atom stereocenters. The maximum absolute atomic E-state index is 14.2. The lowest BCUT2D eigenvalue weighted by Crippen LogP contribution is -2.46. The predicted molar refractivity (Wildman–Crippen MR) is 114 cm³/mol. The molecular formula is C25H23FN2O. The fourth-order valence-corrected chi connectivity index (χ4v) is 4.09. The topological polar surface area (TPSA) is 44.9 Å². The molecule has 146 valence electrons. The van der Waals surface area contributed by atoms with Crippen LogP contribution in [0.3, 0.4) is 0 Å². The van der Waals surface area contributed by atoms with Crippen molar-refractivity contribution in [1.82, 2.24) is 10.3 Å². The van der Waals surface area contributed by atoms with Crippen molar-refractivity contribution < 1.29 is 9.18 Å². The maximum atomic E-state index is 14.2. The van der Waals surface area contributed by atoms with Crippen LogP contribution in [0.15, 0.2) is 85.1 Å². The van der Waals surface area contributed by atoms with E-state index in [1.54, 1.807) is 6.07 Å². The fraction of sp³-hybridized carbons (Fsp3) is 0.160. The maximum Gasteiger partial charge on any atom is 0.217 e. The van der Waals surface area contributed by atoms with Crippen molar-refractivity contribution in [2.24, 2.45) is 0 Å². The molecule has 0 saturated carbocycles. The Bertz CT molecular complexity index is 1140. The molecule has 4 aromatic rings. The van der Waals surface area contributed by atoms with E-state index in [-0.39, 0.29) is 11.7 Å². The van der Waals surface area contributed by atoms with E-state index in [2.05, 4.69) is 22.4 Å². The molecule has 3 nitrogen and oxygen atoms in total. The van der Waals surface area contributed by atoms with Crippen LogP contribution in [0.4, 0.5) is 4.39 Å². The Kier molecular flexibility index (Phi) is 5.17. The predicted octanol–water partition coefficient (Wildman–Crippen LogP) is 5.32. The molecule has 1 aromatic heterocycles. The molecule has 0 saturated heterocycles. The van der Waals surface area contributed by atoms with E-state index in [0.29, 0.717) is 6.42 Å². The van der Waals surface area contributed by atoms with E-state index in [0.717, 1.165) is 28.5 Å². The number of hydrogen-bond acceptors (Lipinski definition) is 1. The van der Waals surface area contributed by atoms with Crippen molar-refractivity contribution in [2.45, 2.75) is 25.3 Å². The highest BCUT2D eigenvalue weighted by atomic mass is 19.1. The molecule has 0 bridgehead atoms. The van der Waals surface area contributed by atoms with E-state index in [4.69, 9.17) is 0 Å². The zero-order chi connectivity index (χ0) is 20.3. The van der Waals surface area contributed by atoms with E-state index < -0.39 is 5.54 Å². The highest BCUT2D eigenvalue weighted by molar-refractivity contribution is 5.86. The lowest BCUT2D eigenvalue weighted by atomic mass is 9.78. The Labute approximate surface area is 169 Å². The number of benzene rings is 3. The van der Waals surface area contributed by atoms with Crippen molar-refractivity contribution >= 4 is 16.8 Å². The number of H-pyrrole nitrogens is 1. The van der Waals surface area contributed by atoms with Gasteiger partial charge in [0, 0.05) is 29.6 Å². The average molecular weight is 386 g/mol. The molecule has 0 unspecified atom stereocenters. The quantitative estimate of drug-likeness (QED) is 0.463. The summed E-state index contributed by atoms with van der Waals surface area (Å²) >= 11 is 0. The third-order valence-corrected chi connectivity index (χ3v) is 5.39. The van der Waals surface area contributed by atoms with E-state index >= 15 is 0 Å². The zero-order valence-electron chi connectivity index (χ0n) is 16.3. The van der Waals surface area contributed by atoms with Gasteiger partial charge in [-0.3, -0.25) is 4.79 Å². The monoisotopic (exact) mass is 386 g/mol. The number of carbonyl (C=O) groups excluding carboxylic acids is 1. The Hall–Kier alpha value is -3.40. The molecule has 1 heterocycles. The Balaban J connectivity index is 1.91. The number of aromatic nitrogens is 1. The van der Waals surface area contributed by atoms with Crippen LogP contribution >= 0.6 is 0 Å². The first-order chi connectivity index (χ1) is 14.1. The average Bonchev–Trinajstić information content (AvgIpc) is 3.16. The van der Waals surface area contributed by atoms with Gasteiger partial charge in [0.05, 0.1) is 5.54 Å². The second-order valence-electron chi connectivity index (χ2n) is 7.33. The van der Waals surface area contributed by atoms with Gasteiger partial charge in [-0.15, -0.1) is 0 Å². The first-order valence-corrected chi connectivity index (χ1v) is 9.74. The number of aromatic amines is 1. The summed E-state index contributed by atoms with van der Waals surface area (Å²) in [7, 11) is 0. The summed E-state index contributed by atoms with van der Waals surface area (Å²) < 4.78 is 14.2. The number of rotatable bonds is 6. The third kappa shape index (κ3) is 3.79. The molecule has 0 aliphatic rings. The summed E-state index contributed by atoms with van der Waals surface area (Å²) in [6.45, 7) is 1.51. The van der Waals surface area contributed by atoms with E-state index in [1.807, 2.05) is 54.7 Å². The first-order valence-electron chi connectivity index (χ1n) is 9.74. The zero-order valence-corrected chi connectivity index (χ0v) is 16.3.